The minimum absolute atomic E-state index is 0.0597. The van der Waals surface area contributed by atoms with Gasteiger partial charge in [-0.05, 0) is 202 Å². The van der Waals surface area contributed by atoms with E-state index < -0.39 is 40.7 Å². The molecule has 19 nitrogen and oxygen atoms in total. The third-order valence-electron chi connectivity index (χ3n) is 24.1. The van der Waals surface area contributed by atoms with Crippen LogP contribution in [0.2, 0.25) is 0 Å². The fourth-order valence-corrected chi connectivity index (χ4v) is 23.1. The van der Waals surface area contributed by atoms with E-state index in [9.17, 15) is 46.1 Å². The summed E-state index contributed by atoms with van der Waals surface area (Å²) in [5, 5.41) is 48.0. The van der Waals surface area contributed by atoms with E-state index in [2.05, 4.69) is 126 Å². The van der Waals surface area contributed by atoms with Gasteiger partial charge in [-0.15, -0.1) is 79.4 Å². The van der Waals surface area contributed by atoms with Crippen LogP contribution in [0.5, 0.6) is 28.7 Å². The van der Waals surface area contributed by atoms with Crippen molar-refractivity contribution in [1.82, 2.24) is 34.9 Å². The lowest BCUT2D eigenvalue weighted by Gasteiger charge is -2.25. The van der Waals surface area contributed by atoms with Crippen LogP contribution in [-0.4, -0.2) is 156 Å². The zero-order valence-electron chi connectivity index (χ0n) is 75.4. The van der Waals surface area contributed by atoms with Gasteiger partial charge in [-0.1, -0.05) is 66.7 Å². The summed E-state index contributed by atoms with van der Waals surface area (Å²) >= 11 is 11.3. The van der Waals surface area contributed by atoms with Crippen LogP contribution < -0.4 is 43.8 Å². The molecule has 0 spiro atoms. The molecule has 14 aromatic rings. The fraction of sp³-hybridized carbons (Fsp3) is 0.376. The van der Waals surface area contributed by atoms with E-state index in [0.717, 1.165) is 145 Å². The molecular weight excluding hydrogens is 1850 g/mol. The van der Waals surface area contributed by atoms with E-state index in [1.54, 1.807) is 82.1 Å². The van der Waals surface area contributed by atoms with Gasteiger partial charge in [0.25, 0.3) is 0 Å². The average molecular weight is 1960 g/mol. The molecule has 0 amide bonds. The number of thiazole rings is 7. The molecule has 706 valence electrons. The molecule has 7 aliphatic heterocycles. The molecule has 7 aromatic carbocycles. The molecule has 7 saturated heterocycles. The Bertz CT molecular complexity index is 6030. The second-order valence-corrected chi connectivity index (χ2v) is 39.6. The first-order valence-electron chi connectivity index (χ1n) is 46.0. The number of rotatable bonds is 16. The van der Waals surface area contributed by atoms with Gasteiger partial charge in [-0.3, -0.25) is 0 Å². The molecule has 21 rings (SSSR count). The summed E-state index contributed by atoms with van der Waals surface area (Å²) in [6.45, 7) is 17.1. The summed E-state index contributed by atoms with van der Waals surface area (Å²) in [5.41, 5.74) is 10.6. The van der Waals surface area contributed by atoms with E-state index in [1.807, 2.05) is 38.9 Å². The van der Waals surface area contributed by atoms with Crippen LogP contribution in [0.3, 0.4) is 0 Å². The van der Waals surface area contributed by atoms with E-state index in [1.165, 1.54) is 241 Å². The Labute approximate surface area is 806 Å². The highest BCUT2D eigenvalue weighted by atomic mass is 32.1. The minimum Gasteiger partial charge on any atom is -0.507 e. The number of nitrogens with zero attached hydrogens (tertiary/aromatic N) is 14. The number of anilines is 7. The number of aromatic nitrogens is 7. The maximum atomic E-state index is 13.8. The van der Waals surface area contributed by atoms with Gasteiger partial charge in [-0.2, -0.15) is 8.78 Å². The number of aromatic hydroxyl groups is 3. The molecule has 0 saturated carbocycles. The second-order valence-electron chi connectivity index (χ2n) is 33.4. The Morgan fingerprint density at radius 2 is 0.612 bits per heavy atom. The molecule has 33 heteroatoms. The van der Waals surface area contributed by atoms with E-state index in [-0.39, 0.29) is 28.6 Å². The highest BCUT2D eigenvalue weighted by Crippen LogP contribution is 2.43. The largest absolute Gasteiger partial charge is 0.507 e. The Morgan fingerprint density at radius 3 is 1.01 bits per heavy atom. The quantitative estimate of drug-likeness (QED) is 0.0773. The smallest absolute Gasteiger partial charge is 0.201 e. The van der Waals surface area contributed by atoms with Crippen molar-refractivity contribution in [2.45, 2.75) is 142 Å². The summed E-state index contributed by atoms with van der Waals surface area (Å²) in [7, 11) is 2.88. The lowest BCUT2D eigenvalue weighted by atomic mass is 10.1. The van der Waals surface area contributed by atoms with Crippen LogP contribution in [0.4, 0.5) is 66.7 Å². The summed E-state index contributed by atoms with van der Waals surface area (Å²) < 4.78 is 103. The van der Waals surface area contributed by atoms with Crippen molar-refractivity contribution >= 4 is 115 Å². The molecule has 0 unspecified atom stereocenters. The van der Waals surface area contributed by atoms with E-state index in [4.69, 9.17) is 19.4 Å². The van der Waals surface area contributed by atoms with Gasteiger partial charge in [0.1, 0.15) is 23.1 Å². The van der Waals surface area contributed by atoms with Gasteiger partial charge < -0.3 is 59.1 Å². The Hall–Kier alpha value is -10.9. The van der Waals surface area contributed by atoms with Crippen molar-refractivity contribution in [2.75, 3.05) is 140 Å². The minimum atomic E-state index is -1.23. The number of piperidine rings is 7. The zero-order chi connectivity index (χ0) is 93.2. The molecule has 134 heavy (non-hydrogen) atoms. The summed E-state index contributed by atoms with van der Waals surface area (Å²) in [6.07, 6.45) is 26.2. The molecule has 14 heterocycles. The number of hydrogen-bond acceptors (Lipinski definition) is 26. The molecule has 0 aliphatic carbocycles. The zero-order valence-corrected chi connectivity index (χ0v) is 81.1. The van der Waals surface area contributed by atoms with Crippen molar-refractivity contribution < 1.29 is 55.5 Å². The van der Waals surface area contributed by atoms with E-state index in [0.29, 0.717) is 45.2 Å². The number of hydrogen-bond donors (Lipinski definition) is 3. The van der Waals surface area contributed by atoms with Crippen molar-refractivity contribution in [3.8, 4) is 108 Å². The number of aryl methyl sites for hydroxylation is 1. The molecule has 0 bridgehead atoms. The summed E-state index contributed by atoms with van der Waals surface area (Å²) in [5.74, 6) is -6.13. The molecule has 7 aromatic heterocycles. The lowest BCUT2D eigenvalue weighted by molar-refractivity contribution is 0.373. The number of methoxy groups -OCH3 is 2. The predicted molar refractivity (Wildman–Crippen MR) is 538 cm³/mol. The van der Waals surface area contributed by atoms with Crippen LogP contribution in [-0.2, 0) is 0 Å². The molecule has 3 N–H and O–H groups in total. The molecule has 7 fully saturated rings. The van der Waals surface area contributed by atoms with Crippen molar-refractivity contribution in [2.24, 2.45) is 0 Å². The fourth-order valence-electron chi connectivity index (χ4n) is 16.8. The predicted octanol–water partition coefficient (Wildman–Crippen LogP) is 27.0. The molecule has 7 aliphatic rings. The number of phenolic OH excluding ortho intramolecular Hbond substituents is 3. The van der Waals surface area contributed by atoms with E-state index >= 15 is 0 Å². The van der Waals surface area contributed by atoms with Crippen LogP contribution >= 0.6 is 79.4 Å². The number of halogens is 7. The maximum absolute atomic E-state index is 13.8. The Balaban J connectivity index is 0.000000119. The normalized spacial score (nSPS) is 15.7. The highest BCUT2D eigenvalue weighted by molar-refractivity contribution is 7.16. The number of benzene rings is 7. The van der Waals surface area contributed by atoms with Crippen LogP contribution in [0, 0.1) is 47.6 Å². The molecule has 0 atom stereocenters. The number of ether oxygens (including phenoxy) is 2. The Kier molecular flexibility index (Phi) is 35.3. The first-order chi connectivity index (χ1) is 65.4. The van der Waals surface area contributed by atoms with Crippen molar-refractivity contribution in [3.05, 3.63) is 217 Å². The lowest BCUT2D eigenvalue weighted by Crippen LogP contribution is -2.29. The maximum Gasteiger partial charge on any atom is 0.201 e. The number of phenols is 3. The SMILES string of the molecule is COc1c(-c2csc(N3CCCCC3)n2)ccc(F)c1F.COc1cc(F)ccc1-c1csc(N2CCCCC2)n1.Cc1sc(N2CCCCC2)nc1-c1ccccc1.Oc1c(-c2csc(N3CCCCC3)n2)ccc(F)c1F.Oc1c(F)cccc1-c1csc(N2CCCCC2)n1.Oc1cc(F)ccc1-c1csc(N2CCCCC2)n1.c1ccc(-c2csc(N3CCCCC3)n2)cc1. The third-order valence-corrected chi connectivity index (χ3v) is 30.5. The van der Waals surface area contributed by atoms with Gasteiger partial charge in [0.05, 0.1) is 54.1 Å². The topological polar surface area (TPSA) is 192 Å². The number of para-hydroxylation sites is 1. The highest BCUT2D eigenvalue weighted by Gasteiger charge is 2.27. The summed E-state index contributed by atoms with van der Waals surface area (Å²) in [6, 6.07) is 39.0. The second kappa shape index (κ2) is 48.5. The van der Waals surface area contributed by atoms with Gasteiger partial charge >= 0.3 is 0 Å². The van der Waals surface area contributed by atoms with Crippen molar-refractivity contribution in [3.63, 3.8) is 0 Å². The monoisotopic (exact) mass is 1960 g/mol. The third kappa shape index (κ3) is 25.6. The molecule has 0 radical (unpaired) electrons. The Morgan fingerprint density at radius 1 is 0.284 bits per heavy atom. The molecular formula is C101H111F7N14O5S7. The van der Waals surface area contributed by atoms with Gasteiger partial charge in [0.2, 0.25) is 11.6 Å². The average Bonchev–Trinajstić information content (AvgIpc) is 1.59. The standard InChI is InChI=1S/C15H16F2N2OS.C15H17FN2OS.C15H18N2S.C14H14F2N2OS.2C14H15FN2OS.C14H16N2S/c1-20-14-10(5-6-11(16)13(14)17)12-9-21-15(18-12)19-7-3-2-4-8-19;1-19-14-9-11(16)5-6-12(14)13-10-20-15(17-13)18-7-3-2-4-8-18;1-12-14(13-8-4-2-5-9-13)16-15(18-12)17-10-6-3-7-11-17;15-10-5-4-9(13(19)12(10)16)11-8-20-14(17-11)18-6-2-1-3-7-18;15-11-6-4-5-10(13(11)18)12-9-19-14(16-12)17-7-2-1-3-8-17;15-10-4-5-11(13(18)8-10)12-9-19-14(16-12)17-6-2-1-3-7-17;1-3-7-12(8-4-1)13-11-17-14(15-13)16-9-5-2-6-10-16/h5-6,9H,2-4,7-8H2,1H3;5-6,9-10H,2-4,7-8H2,1H3;2,4-5,8-9H,3,6-7,10-11H2,1H3;4-5,8,19H,1-3,6-7H2;4-6,9,18H,1-3,7-8H2;4-5,8-9,18H,1-3,6-7H2;1,3-4,7-8,11H,2,5-6,9-10H2. The van der Waals surface area contributed by atoms with Crippen LogP contribution in [0.15, 0.2) is 172 Å². The van der Waals surface area contributed by atoms with Gasteiger partial charge in [-0.25, -0.2) is 56.8 Å². The van der Waals surface area contributed by atoms with Crippen LogP contribution in [0.25, 0.3) is 78.8 Å². The first kappa shape index (κ1) is 97.6. The van der Waals surface area contributed by atoms with Gasteiger partial charge in [0.15, 0.2) is 70.6 Å². The van der Waals surface area contributed by atoms with Crippen molar-refractivity contribution in [1.29, 1.82) is 0 Å². The van der Waals surface area contributed by atoms with Crippen LogP contribution in [0.1, 0.15) is 140 Å². The summed E-state index contributed by atoms with van der Waals surface area (Å²) in [4.78, 5) is 49.8. The van der Waals surface area contributed by atoms with Gasteiger partial charge in [0, 0.05) is 180 Å². The first-order valence-corrected chi connectivity index (χ1v) is 52.1.